The molecule has 1 aliphatic rings. The fraction of sp³-hybridized carbons (Fsp3) is 0.467. The van der Waals surface area contributed by atoms with Crippen LogP contribution in [0.1, 0.15) is 24.5 Å². The summed E-state index contributed by atoms with van der Waals surface area (Å²) in [7, 11) is -3.46. The Labute approximate surface area is 135 Å². The zero-order chi connectivity index (χ0) is 15.5. The van der Waals surface area contributed by atoms with E-state index in [2.05, 4.69) is 21.2 Å². The van der Waals surface area contributed by atoms with Crippen molar-refractivity contribution in [3.63, 3.8) is 0 Å². The summed E-state index contributed by atoms with van der Waals surface area (Å²) in [4.78, 5) is 0.366. The van der Waals surface area contributed by atoms with Gasteiger partial charge in [0.05, 0.1) is 4.90 Å². The van der Waals surface area contributed by atoms with Gasteiger partial charge in [-0.25, -0.2) is 8.42 Å². The van der Waals surface area contributed by atoms with Crippen molar-refractivity contribution in [2.45, 2.75) is 31.7 Å². The number of hydrogen-bond acceptors (Lipinski definition) is 3. The number of nitrogens with zero attached hydrogens (tertiary/aromatic N) is 1. The van der Waals surface area contributed by atoms with E-state index in [0.717, 1.165) is 24.1 Å². The number of aryl methyl sites for hydroxylation is 1. The number of nitrogens with one attached hydrogen (secondary N) is 1. The van der Waals surface area contributed by atoms with E-state index in [-0.39, 0.29) is 0 Å². The molecular weight excluding hydrogens is 352 g/mol. The second-order valence-electron chi connectivity index (χ2n) is 5.13. The van der Waals surface area contributed by atoms with Crippen molar-refractivity contribution in [2.75, 3.05) is 19.6 Å². The molecule has 0 spiro atoms. The normalized spacial score (nSPS) is 16.3. The van der Waals surface area contributed by atoms with Crippen LogP contribution >= 0.6 is 15.9 Å². The molecule has 0 saturated heterocycles. The van der Waals surface area contributed by atoms with Crippen LogP contribution in [0.2, 0.25) is 0 Å². The smallest absolute Gasteiger partial charge is 0.244 e. The molecular formula is C15H21BrN2O2S. The quantitative estimate of drug-likeness (QED) is 0.808. The SMILES string of the molecule is CCNCc1cc(C)c(Br)c(S(=O)(=O)N2CC=CCC2)c1. The van der Waals surface area contributed by atoms with E-state index in [9.17, 15) is 8.42 Å². The minimum Gasteiger partial charge on any atom is -0.313 e. The van der Waals surface area contributed by atoms with Gasteiger partial charge in [-0.1, -0.05) is 25.1 Å². The number of halogens is 1. The van der Waals surface area contributed by atoms with Gasteiger partial charge in [0, 0.05) is 24.1 Å². The molecule has 0 aromatic heterocycles. The van der Waals surface area contributed by atoms with Gasteiger partial charge >= 0.3 is 0 Å². The molecule has 1 heterocycles. The molecule has 1 N–H and O–H groups in total. The average molecular weight is 373 g/mol. The van der Waals surface area contributed by atoms with Crippen LogP contribution in [0.25, 0.3) is 0 Å². The van der Waals surface area contributed by atoms with Crippen LogP contribution in [0.3, 0.4) is 0 Å². The number of benzene rings is 1. The van der Waals surface area contributed by atoms with Crippen LogP contribution in [0.4, 0.5) is 0 Å². The van der Waals surface area contributed by atoms with Gasteiger partial charge in [-0.3, -0.25) is 0 Å². The van der Waals surface area contributed by atoms with Crippen LogP contribution in [0.5, 0.6) is 0 Å². The monoisotopic (exact) mass is 372 g/mol. The van der Waals surface area contributed by atoms with Crippen molar-refractivity contribution in [1.29, 1.82) is 0 Å². The van der Waals surface area contributed by atoms with Crippen molar-refractivity contribution in [1.82, 2.24) is 9.62 Å². The maximum absolute atomic E-state index is 12.8. The van der Waals surface area contributed by atoms with E-state index >= 15 is 0 Å². The van der Waals surface area contributed by atoms with Crippen LogP contribution in [-0.2, 0) is 16.6 Å². The average Bonchev–Trinajstić information content (AvgIpc) is 2.49. The molecule has 1 aromatic carbocycles. The van der Waals surface area contributed by atoms with Crippen LogP contribution in [-0.4, -0.2) is 32.4 Å². The van der Waals surface area contributed by atoms with E-state index in [1.165, 1.54) is 4.31 Å². The summed E-state index contributed by atoms with van der Waals surface area (Å²) in [5, 5.41) is 3.23. The zero-order valence-corrected chi connectivity index (χ0v) is 14.8. The summed E-state index contributed by atoms with van der Waals surface area (Å²) >= 11 is 3.44. The van der Waals surface area contributed by atoms with Gasteiger partial charge in [0.25, 0.3) is 0 Å². The second-order valence-corrected chi connectivity index (χ2v) is 7.83. The van der Waals surface area contributed by atoms with E-state index < -0.39 is 10.0 Å². The molecule has 1 aliphatic heterocycles. The lowest BCUT2D eigenvalue weighted by Crippen LogP contribution is -2.34. The summed E-state index contributed by atoms with van der Waals surface area (Å²) in [6, 6.07) is 3.79. The zero-order valence-electron chi connectivity index (χ0n) is 12.4. The number of sulfonamides is 1. The molecule has 6 heteroatoms. The Bertz CT molecular complexity index is 641. The number of hydrogen-bond donors (Lipinski definition) is 1. The molecule has 0 atom stereocenters. The number of rotatable bonds is 5. The Kier molecular flexibility index (Phi) is 5.60. The third-order valence-electron chi connectivity index (χ3n) is 3.50. The Morgan fingerprint density at radius 1 is 1.33 bits per heavy atom. The summed E-state index contributed by atoms with van der Waals surface area (Å²) < 4.78 is 27.9. The van der Waals surface area contributed by atoms with Crippen LogP contribution < -0.4 is 5.32 Å². The molecule has 0 radical (unpaired) electrons. The van der Waals surface area contributed by atoms with E-state index in [4.69, 9.17) is 0 Å². The maximum Gasteiger partial charge on any atom is 0.244 e. The Morgan fingerprint density at radius 2 is 2.10 bits per heavy atom. The Balaban J connectivity index is 2.41. The minimum absolute atomic E-state index is 0.366. The molecule has 2 rings (SSSR count). The summed E-state index contributed by atoms with van der Waals surface area (Å²) in [6.45, 7) is 6.48. The molecule has 0 fully saturated rings. The first-order chi connectivity index (χ1) is 9.96. The fourth-order valence-electron chi connectivity index (χ4n) is 2.35. The third kappa shape index (κ3) is 3.74. The van der Waals surface area contributed by atoms with Crippen molar-refractivity contribution in [3.8, 4) is 0 Å². The highest BCUT2D eigenvalue weighted by Gasteiger charge is 2.27. The predicted molar refractivity (Wildman–Crippen MR) is 88.8 cm³/mol. The van der Waals surface area contributed by atoms with Gasteiger partial charge in [-0.05, 0) is 53.0 Å². The lowest BCUT2D eigenvalue weighted by atomic mass is 10.1. The van der Waals surface area contributed by atoms with Gasteiger partial charge in [0.2, 0.25) is 10.0 Å². The first-order valence-electron chi connectivity index (χ1n) is 7.11. The van der Waals surface area contributed by atoms with E-state index in [1.54, 1.807) is 6.07 Å². The molecule has 0 aliphatic carbocycles. The maximum atomic E-state index is 12.8. The highest BCUT2D eigenvalue weighted by atomic mass is 79.9. The standard InChI is InChI=1S/C15H21BrN2O2S/c1-3-17-11-13-9-12(2)15(16)14(10-13)21(19,20)18-7-5-4-6-8-18/h4-5,9-10,17H,3,6-8,11H2,1-2H3. The Morgan fingerprint density at radius 3 is 2.71 bits per heavy atom. The second kappa shape index (κ2) is 7.05. The lowest BCUT2D eigenvalue weighted by molar-refractivity contribution is 0.437. The summed E-state index contributed by atoms with van der Waals surface area (Å²) in [5.74, 6) is 0. The van der Waals surface area contributed by atoms with Crippen molar-refractivity contribution >= 4 is 26.0 Å². The largest absolute Gasteiger partial charge is 0.313 e. The van der Waals surface area contributed by atoms with Gasteiger partial charge in [-0.15, -0.1) is 0 Å². The van der Waals surface area contributed by atoms with Gasteiger partial charge in [0.15, 0.2) is 0 Å². The highest BCUT2D eigenvalue weighted by Crippen LogP contribution is 2.30. The Hall–Kier alpha value is -0.690. The molecule has 116 valence electrons. The fourth-order valence-corrected chi connectivity index (χ4v) is 4.78. The molecule has 0 bridgehead atoms. The molecule has 4 nitrogen and oxygen atoms in total. The van der Waals surface area contributed by atoms with E-state index in [0.29, 0.717) is 29.0 Å². The van der Waals surface area contributed by atoms with Gasteiger partial charge in [-0.2, -0.15) is 4.31 Å². The van der Waals surface area contributed by atoms with Crippen molar-refractivity contribution in [2.24, 2.45) is 0 Å². The van der Waals surface area contributed by atoms with E-state index in [1.807, 2.05) is 32.1 Å². The summed E-state index contributed by atoms with van der Waals surface area (Å²) in [5.41, 5.74) is 1.93. The third-order valence-corrected chi connectivity index (χ3v) is 6.70. The topological polar surface area (TPSA) is 49.4 Å². The highest BCUT2D eigenvalue weighted by molar-refractivity contribution is 9.10. The molecule has 0 saturated carbocycles. The predicted octanol–water partition coefficient (Wildman–Crippen LogP) is 2.82. The molecule has 0 amide bonds. The van der Waals surface area contributed by atoms with Gasteiger partial charge < -0.3 is 5.32 Å². The molecule has 21 heavy (non-hydrogen) atoms. The first-order valence-corrected chi connectivity index (χ1v) is 9.35. The van der Waals surface area contributed by atoms with Crippen molar-refractivity contribution in [3.05, 3.63) is 39.9 Å². The van der Waals surface area contributed by atoms with Crippen molar-refractivity contribution < 1.29 is 8.42 Å². The first kappa shape index (κ1) is 16.7. The minimum atomic E-state index is -3.46. The lowest BCUT2D eigenvalue weighted by Gasteiger charge is -2.24. The van der Waals surface area contributed by atoms with Gasteiger partial charge in [0.1, 0.15) is 0 Å². The molecule has 0 unspecified atom stereocenters. The summed E-state index contributed by atoms with van der Waals surface area (Å²) in [6.07, 6.45) is 4.70. The molecule has 1 aromatic rings. The van der Waals surface area contributed by atoms with Crippen LogP contribution in [0, 0.1) is 6.92 Å². The van der Waals surface area contributed by atoms with Crippen LogP contribution in [0.15, 0.2) is 33.7 Å².